The normalized spacial score (nSPS) is 24.4. The van der Waals surface area contributed by atoms with Crippen molar-refractivity contribution in [1.29, 1.82) is 0 Å². The van der Waals surface area contributed by atoms with Crippen molar-refractivity contribution < 1.29 is 9.66 Å². The molecule has 2 bridgehead atoms. The van der Waals surface area contributed by atoms with Gasteiger partial charge in [-0.2, -0.15) is 4.98 Å². The minimum atomic E-state index is -0.411. The van der Waals surface area contributed by atoms with Crippen molar-refractivity contribution in [2.45, 2.75) is 46.1 Å². The van der Waals surface area contributed by atoms with Gasteiger partial charge in [0.05, 0.1) is 4.92 Å². The summed E-state index contributed by atoms with van der Waals surface area (Å²) < 4.78 is 6.04. The molecular formula is C24H26N4O3. The first-order chi connectivity index (χ1) is 14.7. The van der Waals surface area contributed by atoms with E-state index in [1.165, 1.54) is 6.33 Å². The zero-order chi connectivity index (χ0) is 21.8. The van der Waals surface area contributed by atoms with Crippen LogP contribution in [0.1, 0.15) is 40.0 Å². The fourth-order valence-corrected chi connectivity index (χ4v) is 5.89. The Balaban J connectivity index is 1.57. The molecule has 31 heavy (non-hydrogen) atoms. The van der Waals surface area contributed by atoms with Gasteiger partial charge < -0.3 is 9.64 Å². The van der Waals surface area contributed by atoms with E-state index in [0.717, 1.165) is 36.6 Å². The maximum Gasteiger partial charge on any atom is 0.373 e. The van der Waals surface area contributed by atoms with Gasteiger partial charge in [0.15, 0.2) is 0 Å². The lowest BCUT2D eigenvalue weighted by Gasteiger charge is -2.39. The van der Waals surface area contributed by atoms with Crippen molar-refractivity contribution in [1.82, 2.24) is 9.97 Å². The number of benzene rings is 2. The average Bonchev–Trinajstić information content (AvgIpc) is 2.96. The Kier molecular flexibility index (Phi) is 4.39. The summed E-state index contributed by atoms with van der Waals surface area (Å²) in [4.78, 5) is 22.4. The highest BCUT2D eigenvalue weighted by Crippen LogP contribution is 2.54. The van der Waals surface area contributed by atoms with Crippen LogP contribution in [0.15, 0.2) is 48.8 Å². The van der Waals surface area contributed by atoms with E-state index in [2.05, 4.69) is 35.6 Å². The number of ether oxygens (including phenoxy) is 1. The van der Waals surface area contributed by atoms with Crippen LogP contribution in [0.5, 0.6) is 11.6 Å². The molecule has 2 unspecified atom stereocenters. The second-order valence-electron chi connectivity index (χ2n) is 10.0. The van der Waals surface area contributed by atoms with Crippen molar-refractivity contribution >= 4 is 22.3 Å². The lowest BCUT2D eigenvalue weighted by Crippen LogP contribution is -2.35. The third kappa shape index (κ3) is 3.48. The molecule has 1 aliphatic carbocycles. The van der Waals surface area contributed by atoms with Crippen LogP contribution in [0.4, 0.5) is 11.5 Å². The van der Waals surface area contributed by atoms with Crippen molar-refractivity contribution in [3.8, 4) is 11.6 Å². The second kappa shape index (κ2) is 6.90. The number of hydrogen-bond donors (Lipinski definition) is 0. The molecule has 2 aliphatic rings. The number of aromatic nitrogens is 2. The molecule has 3 aromatic rings. The van der Waals surface area contributed by atoms with E-state index in [9.17, 15) is 10.1 Å². The molecule has 0 spiro atoms. The summed E-state index contributed by atoms with van der Waals surface area (Å²) in [7, 11) is 0. The maximum absolute atomic E-state index is 12.2. The molecule has 1 saturated heterocycles. The van der Waals surface area contributed by atoms with Crippen LogP contribution in [0.25, 0.3) is 10.8 Å². The summed E-state index contributed by atoms with van der Waals surface area (Å²) in [6.07, 6.45) is 4.49. The van der Waals surface area contributed by atoms with Crippen LogP contribution in [0, 0.1) is 20.9 Å². The molecule has 0 radical (unpaired) electrons. The Morgan fingerprint density at radius 3 is 2.68 bits per heavy atom. The summed E-state index contributed by atoms with van der Waals surface area (Å²) in [5.41, 5.74) is 0.169. The molecular weight excluding hydrogens is 392 g/mol. The SMILES string of the molecule is CC1(C)CC2CC(C)(CN2c2ncnc(Oc3cccc4ccccc34)c2[N+](=O)[O-])C1. The molecule has 7 heteroatoms. The van der Waals surface area contributed by atoms with E-state index in [0.29, 0.717) is 11.6 Å². The van der Waals surface area contributed by atoms with Crippen LogP contribution in [0.3, 0.4) is 0 Å². The molecule has 2 aromatic carbocycles. The third-order valence-corrected chi connectivity index (χ3v) is 6.60. The van der Waals surface area contributed by atoms with Crippen LogP contribution >= 0.6 is 0 Å². The molecule has 5 rings (SSSR count). The highest BCUT2D eigenvalue weighted by molar-refractivity contribution is 5.88. The minimum absolute atomic E-state index is 0.0165. The van der Waals surface area contributed by atoms with Gasteiger partial charge in [0.25, 0.3) is 0 Å². The third-order valence-electron chi connectivity index (χ3n) is 6.60. The Morgan fingerprint density at radius 2 is 1.87 bits per heavy atom. The van der Waals surface area contributed by atoms with E-state index in [-0.39, 0.29) is 28.4 Å². The molecule has 160 valence electrons. The Labute approximate surface area is 181 Å². The quantitative estimate of drug-likeness (QED) is 0.397. The predicted octanol–water partition coefficient (Wildman–Crippen LogP) is 5.74. The average molecular weight is 418 g/mol. The van der Waals surface area contributed by atoms with Gasteiger partial charge >= 0.3 is 11.6 Å². The second-order valence-corrected chi connectivity index (χ2v) is 10.0. The van der Waals surface area contributed by atoms with E-state index >= 15 is 0 Å². The highest BCUT2D eigenvalue weighted by atomic mass is 16.6. The van der Waals surface area contributed by atoms with Crippen molar-refractivity contribution in [3.63, 3.8) is 0 Å². The molecule has 0 N–H and O–H groups in total. The van der Waals surface area contributed by atoms with E-state index in [1.807, 2.05) is 36.4 Å². The molecule has 2 atom stereocenters. The van der Waals surface area contributed by atoms with Crippen molar-refractivity contribution in [3.05, 3.63) is 58.9 Å². The molecule has 0 amide bonds. The zero-order valence-electron chi connectivity index (χ0n) is 18.0. The molecule has 1 saturated carbocycles. The largest absolute Gasteiger partial charge is 0.433 e. The smallest absolute Gasteiger partial charge is 0.373 e. The first-order valence-electron chi connectivity index (χ1n) is 10.7. The monoisotopic (exact) mass is 418 g/mol. The minimum Gasteiger partial charge on any atom is -0.433 e. The topological polar surface area (TPSA) is 81.4 Å². The number of nitrogens with zero attached hydrogens (tertiary/aromatic N) is 4. The van der Waals surface area contributed by atoms with Gasteiger partial charge in [-0.1, -0.05) is 57.2 Å². The van der Waals surface area contributed by atoms with Gasteiger partial charge in [0.1, 0.15) is 12.1 Å². The van der Waals surface area contributed by atoms with Gasteiger partial charge in [-0.05, 0) is 41.5 Å². The van der Waals surface area contributed by atoms with Crippen LogP contribution in [-0.4, -0.2) is 27.5 Å². The zero-order valence-corrected chi connectivity index (χ0v) is 18.0. The lowest BCUT2D eigenvalue weighted by atomic mass is 9.65. The summed E-state index contributed by atoms with van der Waals surface area (Å²) in [6.45, 7) is 7.60. The van der Waals surface area contributed by atoms with Gasteiger partial charge in [0.2, 0.25) is 5.82 Å². The van der Waals surface area contributed by atoms with Gasteiger partial charge in [-0.3, -0.25) is 10.1 Å². The molecule has 1 aromatic heterocycles. The first kappa shape index (κ1) is 19.7. The fraction of sp³-hybridized carbons (Fsp3) is 0.417. The van der Waals surface area contributed by atoms with Gasteiger partial charge in [-0.15, -0.1) is 0 Å². The van der Waals surface area contributed by atoms with Crippen molar-refractivity contribution in [2.24, 2.45) is 10.8 Å². The molecule has 1 aliphatic heterocycles. The number of anilines is 1. The van der Waals surface area contributed by atoms with E-state index < -0.39 is 4.92 Å². The number of rotatable bonds is 4. The highest BCUT2D eigenvalue weighted by Gasteiger charge is 2.51. The first-order valence-corrected chi connectivity index (χ1v) is 10.7. The molecule has 7 nitrogen and oxygen atoms in total. The lowest BCUT2D eigenvalue weighted by molar-refractivity contribution is -0.385. The van der Waals surface area contributed by atoms with Crippen LogP contribution in [0.2, 0.25) is 0 Å². The van der Waals surface area contributed by atoms with Crippen molar-refractivity contribution in [2.75, 3.05) is 11.4 Å². The number of hydrogen-bond acceptors (Lipinski definition) is 6. The Hall–Kier alpha value is -3.22. The predicted molar refractivity (Wildman–Crippen MR) is 120 cm³/mol. The van der Waals surface area contributed by atoms with Gasteiger partial charge in [-0.25, -0.2) is 4.98 Å². The number of nitro groups is 1. The van der Waals surface area contributed by atoms with Crippen LogP contribution in [-0.2, 0) is 0 Å². The van der Waals surface area contributed by atoms with Crippen LogP contribution < -0.4 is 9.64 Å². The molecule has 2 fully saturated rings. The maximum atomic E-state index is 12.2. The summed E-state index contributed by atoms with van der Waals surface area (Å²) in [5.74, 6) is 0.887. The standard InChI is InChI=1S/C24H26N4O3/c1-23(2)11-17-12-24(3,13-23)14-27(17)21-20(28(29)30)22(26-15-25-21)31-19-10-6-8-16-7-4-5-9-18(16)19/h4-10,15,17H,11-14H2,1-3H3. The summed E-state index contributed by atoms with van der Waals surface area (Å²) >= 11 is 0. The fourth-order valence-electron chi connectivity index (χ4n) is 5.89. The summed E-state index contributed by atoms with van der Waals surface area (Å²) in [5, 5.41) is 14.1. The van der Waals surface area contributed by atoms with E-state index in [4.69, 9.17) is 4.74 Å². The summed E-state index contributed by atoms with van der Waals surface area (Å²) in [6, 6.07) is 13.7. The Morgan fingerprint density at radius 1 is 1.10 bits per heavy atom. The van der Waals surface area contributed by atoms with Gasteiger partial charge in [0, 0.05) is 18.0 Å². The number of fused-ring (bicyclic) bond motifs is 3. The van der Waals surface area contributed by atoms with E-state index in [1.54, 1.807) is 6.07 Å². The molecule has 2 heterocycles. The Bertz CT molecular complexity index is 1170.